The molecule has 0 bridgehead atoms. The zero-order valence-electron chi connectivity index (χ0n) is 17.0. The molecule has 0 aliphatic carbocycles. The molecule has 0 saturated carbocycles. The number of carbonyl (C=O) groups is 2. The molecule has 1 amide bonds. The monoisotopic (exact) mass is 395 g/mol. The molecule has 1 aliphatic heterocycles. The largest absolute Gasteiger partial charge is 0.379 e. The number of amides is 1. The second-order valence-electron chi connectivity index (χ2n) is 7.23. The maximum absolute atomic E-state index is 12.4. The number of hydrogen-bond acceptors (Lipinski definition) is 5. The third-order valence-corrected chi connectivity index (χ3v) is 5.31. The van der Waals surface area contributed by atoms with Gasteiger partial charge in [-0.3, -0.25) is 19.5 Å². The summed E-state index contributed by atoms with van der Waals surface area (Å²) in [5.74, 6) is -0.168. The van der Waals surface area contributed by atoms with Gasteiger partial charge in [0.1, 0.15) is 0 Å². The molecule has 6 nitrogen and oxygen atoms in total. The molecule has 2 heterocycles. The molecule has 1 fully saturated rings. The van der Waals surface area contributed by atoms with Crippen LogP contribution in [0.5, 0.6) is 0 Å². The van der Waals surface area contributed by atoms with Gasteiger partial charge in [0.05, 0.1) is 19.3 Å². The Balaban J connectivity index is 1.57. The van der Waals surface area contributed by atoms with E-state index in [4.69, 9.17) is 4.74 Å². The van der Waals surface area contributed by atoms with Crippen LogP contribution in [0.2, 0.25) is 0 Å². The molecule has 3 rings (SSSR count). The summed E-state index contributed by atoms with van der Waals surface area (Å²) in [6.45, 7) is 5.76. The van der Waals surface area contributed by atoms with Crippen LogP contribution in [0.4, 0.5) is 0 Å². The first-order chi connectivity index (χ1) is 14.2. The zero-order valence-corrected chi connectivity index (χ0v) is 17.0. The predicted octanol–water partition coefficient (Wildman–Crippen LogP) is 2.80. The number of ketones is 1. The Hall–Kier alpha value is -2.57. The first kappa shape index (κ1) is 21.1. The highest BCUT2D eigenvalue weighted by Gasteiger charge is 2.23. The summed E-state index contributed by atoms with van der Waals surface area (Å²) >= 11 is 0. The van der Waals surface area contributed by atoms with Gasteiger partial charge in [-0.1, -0.05) is 31.2 Å². The summed E-state index contributed by atoms with van der Waals surface area (Å²) < 4.78 is 5.48. The molecule has 1 saturated heterocycles. The van der Waals surface area contributed by atoms with Gasteiger partial charge in [0.25, 0.3) is 0 Å². The van der Waals surface area contributed by atoms with Crippen molar-refractivity contribution < 1.29 is 14.3 Å². The molecule has 6 heteroatoms. The summed E-state index contributed by atoms with van der Waals surface area (Å²) in [6.07, 6.45) is 4.53. The third kappa shape index (κ3) is 6.21. The first-order valence-corrected chi connectivity index (χ1v) is 10.3. The van der Waals surface area contributed by atoms with Crippen LogP contribution < -0.4 is 5.32 Å². The fourth-order valence-electron chi connectivity index (χ4n) is 3.52. The number of pyridine rings is 1. The van der Waals surface area contributed by atoms with Crippen LogP contribution in [-0.4, -0.2) is 54.4 Å². The number of benzene rings is 1. The predicted molar refractivity (Wildman–Crippen MR) is 112 cm³/mol. The molecular weight excluding hydrogens is 366 g/mol. The van der Waals surface area contributed by atoms with Crippen molar-refractivity contribution in [2.24, 2.45) is 0 Å². The molecule has 1 aliphatic rings. The van der Waals surface area contributed by atoms with Gasteiger partial charge in [0.2, 0.25) is 5.91 Å². The van der Waals surface area contributed by atoms with Crippen LogP contribution in [0.15, 0.2) is 48.8 Å². The SMILES string of the molecule is CCc1ccc(C(CNC(=O)CCC(=O)c2cccnc2)N2CCOCC2)cc1. The highest BCUT2D eigenvalue weighted by Crippen LogP contribution is 2.22. The smallest absolute Gasteiger partial charge is 0.220 e. The van der Waals surface area contributed by atoms with Crippen LogP contribution in [0, 0.1) is 0 Å². The van der Waals surface area contributed by atoms with E-state index < -0.39 is 0 Å². The van der Waals surface area contributed by atoms with Crippen molar-refractivity contribution in [2.45, 2.75) is 32.2 Å². The number of rotatable bonds is 9. The molecule has 29 heavy (non-hydrogen) atoms. The summed E-state index contributed by atoms with van der Waals surface area (Å²) in [4.78, 5) is 30.9. The lowest BCUT2D eigenvalue weighted by Crippen LogP contribution is -2.43. The molecule has 1 aromatic heterocycles. The van der Waals surface area contributed by atoms with Crippen molar-refractivity contribution in [1.82, 2.24) is 15.2 Å². The van der Waals surface area contributed by atoms with E-state index in [1.54, 1.807) is 18.3 Å². The van der Waals surface area contributed by atoms with Crippen LogP contribution in [0.25, 0.3) is 0 Å². The van der Waals surface area contributed by atoms with Crippen LogP contribution in [-0.2, 0) is 16.0 Å². The van der Waals surface area contributed by atoms with Gasteiger partial charge < -0.3 is 10.1 Å². The molecule has 2 aromatic rings. The van der Waals surface area contributed by atoms with E-state index in [0.29, 0.717) is 25.3 Å². The average molecular weight is 396 g/mol. The second kappa shape index (κ2) is 10.8. The Kier molecular flexibility index (Phi) is 7.90. The highest BCUT2D eigenvalue weighted by atomic mass is 16.5. The van der Waals surface area contributed by atoms with E-state index in [1.165, 1.54) is 17.3 Å². The molecular formula is C23H29N3O3. The minimum Gasteiger partial charge on any atom is -0.379 e. The number of nitrogens with one attached hydrogen (secondary N) is 1. The average Bonchev–Trinajstić information content (AvgIpc) is 2.79. The zero-order chi connectivity index (χ0) is 20.5. The van der Waals surface area contributed by atoms with E-state index in [2.05, 4.69) is 46.4 Å². The first-order valence-electron chi connectivity index (χ1n) is 10.3. The molecule has 154 valence electrons. The van der Waals surface area contributed by atoms with Crippen LogP contribution in [0.1, 0.15) is 47.3 Å². The summed E-state index contributed by atoms with van der Waals surface area (Å²) in [7, 11) is 0. The Morgan fingerprint density at radius 2 is 1.90 bits per heavy atom. The molecule has 1 N–H and O–H groups in total. The number of aromatic nitrogens is 1. The maximum atomic E-state index is 12.4. The van der Waals surface area contributed by atoms with Crippen molar-refractivity contribution in [3.05, 3.63) is 65.5 Å². The van der Waals surface area contributed by atoms with Crippen molar-refractivity contribution >= 4 is 11.7 Å². The Morgan fingerprint density at radius 1 is 1.14 bits per heavy atom. The quantitative estimate of drug-likeness (QED) is 0.661. The summed E-state index contributed by atoms with van der Waals surface area (Å²) in [5.41, 5.74) is 3.03. The van der Waals surface area contributed by atoms with Crippen LogP contribution in [0.3, 0.4) is 0 Å². The van der Waals surface area contributed by atoms with Crippen molar-refractivity contribution in [2.75, 3.05) is 32.8 Å². The Morgan fingerprint density at radius 3 is 2.55 bits per heavy atom. The van der Waals surface area contributed by atoms with Gasteiger partial charge in [-0.25, -0.2) is 0 Å². The van der Waals surface area contributed by atoms with Crippen molar-refractivity contribution in [3.8, 4) is 0 Å². The van der Waals surface area contributed by atoms with E-state index in [9.17, 15) is 9.59 Å². The normalized spacial score (nSPS) is 15.6. The molecule has 1 unspecified atom stereocenters. The number of aryl methyl sites for hydroxylation is 1. The van der Waals surface area contributed by atoms with E-state index in [1.807, 2.05) is 0 Å². The molecule has 0 radical (unpaired) electrons. The topological polar surface area (TPSA) is 71.5 Å². The fraction of sp³-hybridized carbons (Fsp3) is 0.435. The Labute approximate surface area is 172 Å². The number of carbonyl (C=O) groups excluding carboxylic acids is 2. The molecule has 1 atom stereocenters. The van der Waals surface area contributed by atoms with Gasteiger partial charge in [-0.15, -0.1) is 0 Å². The maximum Gasteiger partial charge on any atom is 0.220 e. The van der Waals surface area contributed by atoms with Gasteiger partial charge >= 0.3 is 0 Å². The van der Waals surface area contributed by atoms with Crippen molar-refractivity contribution in [1.29, 1.82) is 0 Å². The minimum absolute atomic E-state index is 0.0619. The van der Waals surface area contributed by atoms with E-state index >= 15 is 0 Å². The number of Topliss-reactive ketones (excluding diaryl/α,β-unsaturated/α-hetero) is 1. The number of nitrogens with zero attached hydrogens (tertiary/aromatic N) is 2. The van der Waals surface area contributed by atoms with E-state index in [-0.39, 0.29) is 30.6 Å². The highest BCUT2D eigenvalue weighted by molar-refractivity contribution is 5.97. The summed E-state index contributed by atoms with van der Waals surface area (Å²) in [6, 6.07) is 12.1. The lowest BCUT2D eigenvalue weighted by molar-refractivity contribution is -0.121. The number of hydrogen-bond donors (Lipinski definition) is 1. The summed E-state index contributed by atoms with van der Waals surface area (Å²) in [5, 5.41) is 3.02. The van der Waals surface area contributed by atoms with Crippen molar-refractivity contribution in [3.63, 3.8) is 0 Å². The number of morpholine rings is 1. The fourth-order valence-corrected chi connectivity index (χ4v) is 3.52. The standard InChI is InChI=1S/C23H29N3O3/c1-2-18-5-7-19(8-6-18)21(26-12-14-29-15-13-26)17-25-23(28)10-9-22(27)20-4-3-11-24-16-20/h3-8,11,16,21H,2,9-10,12-15,17H2,1H3,(H,25,28). The lowest BCUT2D eigenvalue weighted by Gasteiger charge is -2.35. The van der Waals surface area contributed by atoms with Gasteiger partial charge in [-0.05, 0) is 29.7 Å². The van der Waals surface area contributed by atoms with E-state index in [0.717, 1.165) is 19.5 Å². The second-order valence-corrected chi connectivity index (χ2v) is 7.23. The molecule has 0 spiro atoms. The third-order valence-electron chi connectivity index (χ3n) is 5.31. The minimum atomic E-state index is -0.106. The van der Waals surface area contributed by atoms with Gasteiger partial charge in [0, 0.05) is 50.4 Å². The molecule has 1 aromatic carbocycles. The van der Waals surface area contributed by atoms with Gasteiger partial charge in [0.15, 0.2) is 5.78 Å². The van der Waals surface area contributed by atoms with Crippen LogP contribution >= 0.6 is 0 Å². The number of ether oxygens (including phenoxy) is 1. The Bertz CT molecular complexity index is 787. The lowest BCUT2D eigenvalue weighted by atomic mass is 10.0. The van der Waals surface area contributed by atoms with Gasteiger partial charge in [-0.2, -0.15) is 0 Å².